The second-order valence-corrected chi connectivity index (χ2v) is 4.43. The highest BCUT2D eigenvalue weighted by molar-refractivity contribution is 5.44. The van der Waals surface area contributed by atoms with E-state index >= 15 is 0 Å². The van der Waals surface area contributed by atoms with Crippen molar-refractivity contribution in [2.75, 3.05) is 25.1 Å². The van der Waals surface area contributed by atoms with Gasteiger partial charge in [-0.2, -0.15) is 5.26 Å². The number of nitrogens with zero attached hydrogens (tertiary/aromatic N) is 2. The summed E-state index contributed by atoms with van der Waals surface area (Å²) in [6, 6.07) is 5.74. The van der Waals surface area contributed by atoms with Crippen LogP contribution in [-0.4, -0.2) is 24.7 Å². The molecular formula is C13H17N3O. The lowest BCUT2D eigenvalue weighted by atomic mass is 10.0. The van der Waals surface area contributed by atoms with Crippen LogP contribution in [0.4, 0.5) is 5.82 Å². The van der Waals surface area contributed by atoms with Gasteiger partial charge in [-0.1, -0.05) is 0 Å². The van der Waals surface area contributed by atoms with Gasteiger partial charge < -0.3 is 10.1 Å². The predicted molar refractivity (Wildman–Crippen MR) is 65.7 cm³/mol. The molecule has 0 bridgehead atoms. The Kier molecular flexibility index (Phi) is 3.94. The molecule has 17 heavy (non-hydrogen) atoms. The first kappa shape index (κ1) is 11.9. The van der Waals surface area contributed by atoms with E-state index in [9.17, 15) is 0 Å². The van der Waals surface area contributed by atoms with Gasteiger partial charge in [-0.3, -0.25) is 0 Å². The Labute approximate surface area is 102 Å². The normalized spacial score (nSPS) is 16.5. The van der Waals surface area contributed by atoms with Crippen LogP contribution in [0.5, 0.6) is 0 Å². The standard InChI is InChI=1S/C13H17N3O/c1-10-6-12(8-14)7-13(16-10)15-9-11-2-4-17-5-3-11/h6-7,11H,2-5,9H2,1H3,(H,15,16). The first-order valence-electron chi connectivity index (χ1n) is 5.98. The molecule has 1 N–H and O–H groups in total. The summed E-state index contributed by atoms with van der Waals surface area (Å²) >= 11 is 0. The van der Waals surface area contributed by atoms with Crippen molar-refractivity contribution in [1.29, 1.82) is 5.26 Å². The van der Waals surface area contributed by atoms with Gasteiger partial charge in [-0.25, -0.2) is 4.98 Å². The SMILES string of the molecule is Cc1cc(C#N)cc(NCC2CCOCC2)n1. The van der Waals surface area contributed by atoms with Crippen LogP contribution in [0.15, 0.2) is 12.1 Å². The Morgan fingerprint density at radius 3 is 2.94 bits per heavy atom. The third kappa shape index (κ3) is 3.43. The molecular weight excluding hydrogens is 214 g/mol. The molecule has 1 aliphatic heterocycles. The van der Waals surface area contributed by atoms with Crippen LogP contribution in [0.2, 0.25) is 0 Å². The molecule has 0 spiro atoms. The Morgan fingerprint density at radius 1 is 1.47 bits per heavy atom. The molecule has 0 saturated carbocycles. The van der Waals surface area contributed by atoms with Gasteiger partial charge in [0.2, 0.25) is 0 Å². The largest absolute Gasteiger partial charge is 0.381 e. The zero-order valence-corrected chi connectivity index (χ0v) is 10.1. The number of anilines is 1. The number of nitriles is 1. The van der Waals surface area contributed by atoms with E-state index in [0.717, 1.165) is 44.1 Å². The molecule has 4 nitrogen and oxygen atoms in total. The molecule has 0 atom stereocenters. The highest BCUT2D eigenvalue weighted by atomic mass is 16.5. The average molecular weight is 231 g/mol. The second-order valence-electron chi connectivity index (χ2n) is 4.43. The van der Waals surface area contributed by atoms with Gasteiger partial charge in [0.15, 0.2) is 0 Å². The fraction of sp³-hybridized carbons (Fsp3) is 0.538. The summed E-state index contributed by atoms with van der Waals surface area (Å²) in [5, 5.41) is 12.2. The summed E-state index contributed by atoms with van der Waals surface area (Å²) in [5.74, 6) is 1.45. The third-order valence-electron chi connectivity index (χ3n) is 3.00. The zero-order chi connectivity index (χ0) is 12.1. The average Bonchev–Trinajstić information content (AvgIpc) is 2.37. The molecule has 0 unspecified atom stereocenters. The minimum atomic E-state index is 0.650. The van der Waals surface area contributed by atoms with Crippen molar-refractivity contribution in [3.8, 4) is 6.07 Å². The topological polar surface area (TPSA) is 57.9 Å². The highest BCUT2D eigenvalue weighted by Gasteiger charge is 2.13. The van der Waals surface area contributed by atoms with Crippen molar-refractivity contribution in [3.63, 3.8) is 0 Å². The number of rotatable bonds is 3. The number of nitrogens with one attached hydrogen (secondary N) is 1. The van der Waals surface area contributed by atoms with Gasteiger partial charge >= 0.3 is 0 Å². The fourth-order valence-electron chi connectivity index (χ4n) is 2.02. The van der Waals surface area contributed by atoms with Gasteiger partial charge in [0.25, 0.3) is 0 Å². The first-order valence-corrected chi connectivity index (χ1v) is 5.98. The predicted octanol–water partition coefficient (Wildman–Crippen LogP) is 2.10. The van der Waals surface area contributed by atoms with E-state index in [-0.39, 0.29) is 0 Å². The van der Waals surface area contributed by atoms with Crippen LogP contribution in [0.3, 0.4) is 0 Å². The van der Waals surface area contributed by atoms with E-state index in [1.807, 2.05) is 6.92 Å². The van der Waals surface area contributed by atoms with E-state index in [2.05, 4.69) is 16.4 Å². The molecule has 1 saturated heterocycles. The number of hydrogen-bond donors (Lipinski definition) is 1. The monoisotopic (exact) mass is 231 g/mol. The van der Waals surface area contributed by atoms with Crippen molar-refractivity contribution in [2.45, 2.75) is 19.8 Å². The molecule has 0 aromatic carbocycles. The number of ether oxygens (including phenoxy) is 1. The van der Waals surface area contributed by atoms with E-state index < -0.39 is 0 Å². The smallest absolute Gasteiger partial charge is 0.127 e. The van der Waals surface area contributed by atoms with Crippen LogP contribution in [0, 0.1) is 24.2 Å². The highest BCUT2D eigenvalue weighted by Crippen LogP contribution is 2.16. The second kappa shape index (κ2) is 5.65. The van der Waals surface area contributed by atoms with Gasteiger partial charge in [0.05, 0.1) is 11.6 Å². The van der Waals surface area contributed by atoms with Gasteiger partial charge in [0, 0.05) is 25.5 Å². The molecule has 0 radical (unpaired) electrons. The Balaban J connectivity index is 1.94. The van der Waals surface area contributed by atoms with Crippen LogP contribution in [0.25, 0.3) is 0 Å². The van der Waals surface area contributed by atoms with Crippen molar-refractivity contribution >= 4 is 5.82 Å². The number of pyridine rings is 1. The van der Waals surface area contributed by atoms with Crippen molar-refractivity contribution in [3.05, 3.63) is 23.4 Å². The van der Waals surface area contributed by atoms with E-state index in [1.165, 1.54) is 0 Å². The molecule has 4 heteroatoms. The maximum Gasteiger partial charge on any atom is 0.127 e. The first-order chi connectivity index (χ1) is 8.28. The van der Waals surface area contributed by atoms with Crippen molar-refractivity contribution in [2.24, 2.45) is 5.92 Å². The molecule has 1 aromatic rings. The van der Waals surface area contributed by atoms with Gasteiger partial charge in [0.1, 0.15) is 5.82 Å². The minimum Gasteiger partial charge on any atom is -0.381 e. The minimum absolute atomic E-state index is 0.650. The van der Waals surface area contributed by atoms with Crippen LogP contribution >= 0.6 is 0 Å². The Bertz CT molecular complexity index is 419. The molecule has 90 valence electrons. The Hall–Kier alpha value is -1.60. The van der Waals surface area contributed by atoms with Crippen LogP contribution in [0.1, 0.15) is 24.1 Å². The summed E-state index contributed by atoms with van der Waals surface area (Å²) in [6.07, 6.45) is 2.20. The van der Waals surface area contributed by atoms with E-state index in [0.29, 0.717) is 11.5 Å². The summed E-state index contributed by atoms with van der Waals surface area (Å²) in [6.45, 7) is 4.53. The molecule has 0 aliphatic carbocycles. The fourth-order valence-corrected chi connectivity index (χ4v) is 2.02. The lowest BCUT2D eigenvalue weighted by Crippen LogP contribution is -2.23. The molecule has 2 heterocycles. The van der Waals surface area contributed by atoms with Crippen molar-refractivity contribution < 1.29 is 4.74 Å². The number of hydrogen-bond acceptors (Lipinski definition) is 4. The molecule has 1 fully saturated rings. The number of aryl methyl sites for hydroxylation is 1. The van der Waals surface area contributed by atoms with E-state index in [1.54, 1.807) is 12.1 Å². The molecule has 1 aliphatic rings. The van der Waals surface area contributed by atoms with Crippen LogP contribution in [-0.2, 0) is 4.74 Å². The molecule has 1 aromatic heterocycles. The quantitative estimate of drug-likeness (QED) is 0.865. The third-order valence-corrected chi connectivity index (χ3v) is 3.00. The maximum absolute atomic E-state index is 8.88. The summed E-state index contributed by atoms with van der Waals surface area (Å²) < 4.78 is 5.32. The lowest BCUT2D eigenvalue weighted by molar-refractivity contribution is 0.0699. The molecule has 2 rings (SSSR count). The van der Waals surface area contributed by atoms with Crippen molar-refractivity contribution in [1.82, 2.24) is 4.98 Å². The van der Waals surface area contributed by atoms with Crippen LogP contribution < -0.4 is 5.32 Å². The zero-order valence-electron chi connectivity index (χ0n) is 10.1. The van der Waals surface area contributed by atoms with Gasteiger partial charge in [-0.15, -0.1) is 0 Å². The maximum atomic E-state index is 8.88. The lowest BCUT2D eigenvalue weighted by Gasteiger charge is -2.22. The summed E-state index contributed by atoms with van der Waals surface area (Å²) in [4.78, 5) is 4.37. The van der Waals surface area contributed by atoms with E-state index in [4.69, 9.17) is 10.00 Å². The molecule has 0 amide bonds. The summed E-state index contributed by atoms with van der Waals surface area (Å²) in [7, 11) is 0. The Morgan fingerprint density at radius 2 is 2.24 bits per heavy atom. The summed E-state index contributed by atoms with van der Waals surface area (Å²) in [5.41, 5.74) is 1.53. The number of aromatic nitrogens is 1. The van der Waals surface area contributed by atoms with Gasteiger partial charge in [-0.05, 0) is 37.8 Å².